The fourth-order valence-electron chi connectivity index (χ4n) is 1.38. The SMILES string of the molecule is CC(=O)CCC1CCCN1. The van der Waals surface area contributed by atoms with Gasteiger partial charge in [-0.1, -0.05) is 0 Å². The van der Waals surface area contributed by atoms with Crippen LogP contribution in [-0.4, -0.2) is 18.4 Å². The first-order valence-corrected chi connectivity index (χ1v) is 4.02. The van der Waals surface area contributed by atoms with Gasteiger partial charge in [0.1, 0.15) is 5.78 Å². The molecule has 1 N–H and O–H groups in total. The summed E-state index contributed by atoms with van der Waals surface area (Å²) in [6.07, 6.45) is 4.32. The Morgan fingerprint density at radius 3 is 3.00 bits per heavy atom. The van der Waals surface area contributed by atoms with Crippen molar-refractivity contribution < 1.29 is 4.79 Å². The van der Waals surface area contributed by atoms with Crippen molar-refractivity contribution in [3.63, 3.8) is 0 Å². The summed E-state index contributed by atoms with van der Waals surface area (Å²) in [7, 11) is 0. The van der Waals surface area contributed by atoms with Gasteiger partial charge in [0.25, 0.3) is 0 Å². The predicted octanol–water partition coefficient (Wildman–Crippen LogP) is 1.11. The number of hydrogen-bond acceptors (Lipinski definition) is 2. The summed E-state index contributed by atoms with van der Waals surface area (Å²) in [5.74, 6) is 0.314. The highest BCUT2D eigenvalue weighted by atomic mass is 16.1. The quantitative estimate of drug-likeness (QED) is 0.638. The third kappa shape index (κ3) is 2.48. The molecule has 1 aliphatic heterocycles. The van der Waals surface area contributed by atoms with E-state index < -0.39 is 0 Å². The van der Waals surface area contributed by atoms with Crippen molar-refractivity contribution >= 4 is 5.78 Å². The highest BCUT2D eigenvalue weighted by Gasteiger charge is 2.13. The largest absolute Gasteiger partial charge is 0.314 e. The molecular weight excluding hydrogens is 126 g/mol. The summed E-state index contributed by atoms with van der Waals surface area (Å²) < 4.78 is 0. The van der Waals surface area contributed by atoms with Crippen LogP contribution in [0.4, 0.5) is 0 Å². The Morgan fingerprint density at radius 1 is 1.70 bits per heavy atom. The van der Waals surface area contributed by atoms with Gasteiger partial charge >= 0.3 is 0 Å². The van der Waals surface area contributed by atoms with Gasteiger partial charge in [0.15, 0.2) is 0 Å². The van der Waals surface area contributed by atoms with Gasteiger partial charge in [0, 0.05) is 12.5 Å². The van der Waals surface area contributed by atoms with E-state index in [9.17, 15) is 4.79 Å². The Morgan fingerprint density at radius 2 is 2.50 bits per heavy atom. The molecule has 2 nitrogen and oxygen atoms in total. The molecule has 0 amide bonds. The van der Waals surface area contributed by atoms with Crippen LogP contribution < -0.4 is 5.32 Å². The molecule has 1 heterocycles. The second-order valence-electron chi connectivity index (χ2n) is 3.03. The van der Waals surface area contributed by atoms with Crippen LogP contribution in [-0.2, 0) is 4.79 Å². The molecule has 0 radical (unpaired) electrons. The molecular formula is C8H15NO. The molecule has 0 aromatic heterocycles. The molecule has 0 saturated carbocycles. The summed E-state index contributed by atoms with van der Waals surface area (Å²) in [6.45, 7) is 2.80. The lowest BCUT2D eigenvalue weighted by atomic mass is 10.1. The minimum Gasteiger partial charge on any atom is -0.314 e. The lowest BCUT2D eigenvalue weighted by Crippen LogP contribution is -2.21. The Balaban J connectivity index is 2.07. The Kier molecular flexibility index (Phi) is 2.87. The first-order valence-electron chi connectivity index (χ1n) is 4.02. The molecule has 0 bridgehead atoms. The molecule has 2 heteroatoms. The number of rotatable bonds is 3. The van der Waals surface area contributed by atoms with E-state index in [1.54, 1.807) is 6.92 Å². The number of Topliss-reactive ketones (excluding diaryl/α,β-unsaturated/α-hetero) is 1. The van der Waals surface area contributed by atoms with Gasteiger partial charge in [-0.3, -0.25) is 0 Å². The molecule has 1 rings (SSSR count). The van der Waals surface area contributed by atoms with Crippen molar-refractivity contribution in [3.8, 4) is 0 Å². The number of hydrogen-bond donors (Lipinski definition) is 1. The van der Waals surface area contributed by atoms with Crippen LogP contribution in [0.1, 0.15) is 32.6 Å². The van der Waals surface area contributed by atoms with Gasteiger partial charge in [-0.05, 0) is 32.7 Å². The van der Waals surface area contributed by atoms with Crippen LogP contribution in [0.25, 0.3) is 0 Å². The minimum atomic E-state index is 0.314. The minimum absolute atomic E-state index is 0.314. The zero-order valence-electron chi connectivity index (χ0n) is 6.52. The Labute approximate surface area is 62.0 Å². The van der Waals surface area contributed by atoms with E-state index in [1.165, 1.54) is 12.8 Å². The third-order valence-corrected chi connectivity index (χ3v) is 2.01. The van der Waals surface area contributed by atoms with Gasteiger partial charge in [-0.25, -0.2) is 0 Å². The standard InChI is InChI=1S/C8H15NO/c1-7(10)4-5-8-3-2-6-9-8/h8-9H,2-6H2,1H3. The van der Waals surface area contributed by atoms with Gasteiger partial charge in [-0.2, -0.15) is 0 Å². The van der Waals surface area contributed by atoms with E-state index >= 15 is 0 Å². The monoisotopic (exact) mass is 141 g/mol. The number of nitrogens with one attached hydrogen (secondary N) is 1. The van der Waals surface area contributed by atoms with E-state index in [4.69, 9.17) is 0 Å². The molecule has 10 heavy (non-hydrogen) atoms. The average molecular weight is 141 g/mol. The summed E-state index contributed by atoms with van der Waals surface area (Å²) in [6, 6.07) is 0.629. The third-order valence-electron chi connectivity index (χ3n) is 2.01. The molecule has 1 saturated heterocycles. The molecule has 1 unspecified atom stereocenters. The zero-order chi connectivity index (χ0) is 7.40. The normalized spacial score (nSPS) is 25.1. The predicted molar refractivity (Wildman–Crippen MR) is 40.9 cm³/mol. The maximum Gasteiger partial charge on any atom is 0.129 e. The maximum absolute atomic E-state index is 10.6. The smallest absolute Gasteiger partial charge is 0.129 e. The van der Waals surface area contributed by atoms with Crippen LogP contribution >= 0.6 is 0 Å². The van der Waals surface area contributed by atoms with Crippen molar-refractivity contribution in [1.82, 2.24) is 5.32 Å². The van der Waals surface area contributed by atoms with E-state index in [1.807, 2.05) is 0 Å². The van der Waals surface area contributed by atoms with E-state index in [2.05, 4.69) is 5.32 Å². The lowest BCUT2D eigenvalue weighted by Gasteiger charge is -2.06. The Hall–Kier alpha value is -0.370. The molecule has 1 atom stereocenters. The molecule has 58 valence electrons. The van der Waals surface area contributed by atoms with Gasteiger partial charge < -0.3 is 10.1 Å². The number of carbonyl (C=O) groups is 1. The number of ketones is 1. The van der Waals surface area contributed by atoms with Crippen LogP contribution in [0.2, 0.25) is 0 Å². The fraction of sp³-hybridized carbons (Fsp3) is 0.875. The van der Waals surface area contributed by atoms with Gasteiger partial charge in [-0.15, -0.1) is 0 Å². The highest BCUT2D eigenvalue weighted by Crippen LogP contribution is 2.10. The van der Waals surface area contributed by atoms with Crippen LogP contribution in [0.15, 0.2) is 0 Å². The van der Waals surface area contributed by atoms with Crippen LogP contribution in [0.5, 0.6) is 0 Å². The fourth-order valence-corrected chi connectivity index (χ4v) is 1.38. The molecule has 1 aliphatic rings. The first-order chi connectivity index (χ1) is 4.79. The van der Waals surface area contributed by atoms with E-state index in [-0.39, 0.29) is 0 Å². The molecule has 0 aromatic carbocycles. The van der Waals surface area contributed by atoms with Crippen LogP contribution in [0.3, 0.4) is 0 Å². The van der Waals surface area contributed by atoms with Gasteiger partial charge in [0.05, 0.1) is 0 Å². The molecule has 0 aliphatic carbocycles. The van der Waals surface area contributed by atoms with Crippen LogP contribution in [0, 0.1) is 0 Å². The van der Waals surface area contributed by atoms with Crippen molar-refractivity contribution in [2.75, 3.05) is 6.54 Å². The Bertz CT molecular complexity index is 116. The molecule has 0 aromatic rings. The summed E-state index contributed by atoms with van der Waals surface area (Å²) in [5, 5.41) is 3.36. The summed E-state index contributed by atoms with van der Waals surface area (Å²) in [5.41, 5.74) is 0. The highest BCUT2D eigenvalue weighted by molar-refractivity contribution is 5.75. The van der Waals surface area contributed by atoms with Gasteiger partial charge in [0.2, 0.25) is 0 Å². The number of carbonyl (C=O) groups excluding carboxylic acids is 1. The first kappa shape index (κ1) is 7.73. The second kappa shape index (κ2) is 3.71. The second-order valence-corrected chi connectivity index (χ2v) is 3.03. The lowest BCUT2D eigenvalue weighted by molar-refractivity contribution is -0.117. The van der Waals surface area contributed by atoms with Crippen molar-refractivity contribution in [2.24, 2.45) is 0 Å². The van der Waals surface area contributed by atoms with Crippen molar-refractivity contribution in [3.05, 3.63) is 0 Å². The van der Waals surface area contributed by atoms with E-state index in [0.29, 0.717) is 11.8 Å². The maximum atomic E-state index is 10.6. The average Bonchev–Trinajstić information content (AvgIpc) is 2.34. The summed E-state index contributed by atoms with van der Waals surface area (Å²) in [4.78, 5) is 10.6. The molecule has 1 fully saturated rings. The van der Waals surface area contributed by atoms with E-state index in [0.717, 1.165) is 19.4 Å². The molecule has 0 spiro atoms. The van der Waals surface area contributed by atoms with Crippen molar-refractivity contribution in [2.45, 2.75) is 38.6 Å². The zero-order valence-corrected chi connectivity index (χ0v) is 6.52. The summed E-state index contributed by atoms with van der Waals surface area (Å²) >= 11 is 0. The van der Waals surface area contributed by atoms with Crippen molar-refractivity contribution in [1.29, 1.82) is 0 Å². The topological polar surface area (TPSA) is 29.1 Å².